The maximum Gasteiger partial charge on any atom is 0.247 e. The van der Waals surface area contributed by atoms with Gasteiger partial charge in [0.05, 0.1) is 12.5 Å². The van der Waals surface area contributed by atoms with Gasteiger partial charge in [-0.25, -0.2) is 5.48 Å². The Bertz CT molecular complexity index is 171. The van der Waals surface area contributed by atoms with E-state index in [1.54, 1.807) is 6.92 Å². The van der Waals surface area contributed by atoms with Crippen LogP contribution in [0.25, 0.3) is 0 Å². The first-order valence-corrected chi connectivity index (χ1v) is 3.67. The summed E-state index contributed by atoms with van der Waals surface area (Å²) in [5, 5.41) is 0. The molecule has 1 aliphatic rings. The standard InChI is InChI=1S/C7H11NO3/c1-2-11-8-7(10)5-3-6(9)4-5/h5H,2-4H2,1H3,(H,8,10). The summed E-state index contributed by atoms with van der Waals surface area (Å²) in [6, 6.07) is 0. The fourth-order valence-corrected chi connectivity index (χ4v) is 0.902. The van der Waals surface area contributed by atoms with Crippen molar-refractivity contribution in [3.05, 3.63) is 0 Å². The summed E-state index contributed by atoms with van der Waals surface area (Å²) in [5.74, 6) is -0.165. The minimum atomic E-state index is -0.175. The van der Waals surface area contributed by atoms with Crippen molar-refractivity contribution in [2.24, 2.45) is 5.92 Å². The van der Waals surface area contributed by atoms with Crippen LogP contribution in [0.4, 0.5) is 0 Å². The first-order chi connectivity index (χ1) is 5.24. The van der Waals surface area contributed by atoms with Gasteiger partial charge in [0.1, 0.15) is 5.78 Å². The van der Waals surface area contributed by atoms with Crippen LogP contribution in [0.1, 0.15) is 19.8 Å². The highest BCUT2D eigenvalue weighted by Gasteiger charge is 2.32. The number of Topliss-reactive ketones (excluding diaryl/α,β-unsaturated/α-hetero) is 1. The van der Waals surface area contributed by atoms with Crippen LogP contribution < -0.4 is 5.48 Å². The lowest BCUT2D eigenvalue weighted by molar-refractivity contribution is -0.146. The van der Waals surface area contributed by atoms with E-state index in [1.807, 2.05) is 0 Å². The molecule has 0 aliphatic heterocycles. The van der Waals surface area contributed by atoms with Crippen molar-refractivity contribution in [2.45, 2.75) is 19.8 Å². The molecule has 11 heavy (non-hydrogen) atoms. The van der Waals surface area contributed by atoms with E-state index in [0.29, 0.717) is 19.4 Å². The Balaban J connectivity index is 2.16. The molecule has 0 spiro atoms. The molecule has 1 amide bonds. The molecule has 1 saturated carbocycles. The molecule has 0 heterocycles. The van der Waals surface area contributed by atoms with Crippen LogP contribution in [-0.4, -0.2) is 18.3 Å². The van der Waals surface area contributed by atoms with Gasteiger partial charge in [-0.2, -0.15) is 0 Å². The first kappa shape index (κ1) is 8.20. The summed E-state index contributed by atoms with van der Waals surface area (Å²) in [6.45, 7) is 2.23. The van der Waals surface area contributed by atoms with Gasteiger partial charge in [0.25, 0.3) is 0 Å². The normalized spacial score (nSPS) is 17.7. The van der Waals surface area contributed by atoms with Crippen molar-refractivity contribution in [1.29, 1.82) is 0 Å². The van der Waals surface area contributed by atoms with E-state index in [-0.39, 0.29) is 17.6 Å². The smallest absolute Gasteiger partial charge is 0.247 e. The predicted octanol–water partition coefficient (Wildman–Crippen LogP) is 0.0332. The van der Waals surface area contributed by atoms with E-state index in [1.165, 1.54) is 0 Å². The Morgan fingerprint density at radius 1 is 1.73 bits per heavy atom. The molecule has 0 aromatic carbocycles. The zero-order valence-electron chi connectivity index (χ0n) is 6.42. The van der Waals surface area contributed by atoms with Crippen molar-refractivity contribution in [1.82, 2.24) is 5.48 Å². The van der Waals surface area contributed by atoms with Crippen LogP contribution in [0.3, 0.4) is 0 Å². The van der Waals surface area contributed by atoms with E-state index in [4.69, 9.17) is 0 Å². The van der Waals surface area contributed by atoms with Crippen molar-refractivity contribution in [2.75, 3.05) is 6.61 Å². The molecule has 0 atom stereocenters. The number of hydrogen-bond acceptors (Lipinski definition) is 3. The second kappa shape index (κ2) is 3.48. The fraction of sp³-hybridized carbons (Fsp3) is 0.714. The highest BCUT2D eigenvalue weighted by atomic mass is 16.6. The van der Waals surface area contributed by atoms with Crippen molar-refractivity contribution in [3.8, 4) is 0 Å². The predicted molar refractivity (Wildman–Crippen MR) is 37.5 cm³/mol. The average molecular weight is 157 g/mol. The van der Waals surface area contributed by atoms with Gasteiger partial charge in [0.2, 0.25) is 5.91 Å². The molecule has 0 radical (unpaired) electrons. The Morgan fingerprint density at radius 3 is 2.82 bits per heavy atom. The maximum absolute atomic E-state index is 10.9. The van der Waals surface area contributed by atoms with E-state index >= 15 is 0 Å². The van der Waals surface area contributed by atoms with Gasteiger partial charge in [-0.15, -0.1) is 0 Å². The average Bonchev–Trinajstić information content (AvgIpc) is 1.94. The number of amides is 1. The number of hydrogen-bond donors (Lipinski definition) is 1. The molecule has 4 heteroatoms. The minimum absolute atomic E-state index is 0.144. The van der Waals surface area contributed by atoms with Crippen LogP contribution >= 0.6 is 0 Å². The van der Waals surface area contributed by atoms with Crippen molar-refractivity contribution in [3.63, 3.8) is 0 Å². The zero-order valence-corrected chi connectivity index (χ0v) is 6.42. The highest BCUT2D eigenvalue weighted by Crippen LogP contribution is 2.22. The molecule has 1 rings (SSSR count). The van der Waals surface area contributed by atoms with Gasteiger partial charge in [-0.1, -0.05) is 0 Å². The van der Waals surface area contributed by atoms with E-state index < -0.39 is 0 Å². The van der Waals surface area contributed by atoms with Gasteiger partial charge < -0.3 is 0 Å². The lowest BCUT2D eigenvalue weighted by atomic mass is 9.84. The zero-order chi connectivity index (χ0) is 8.27. The molecule has 0 saturated heterocycles. The third-order valence-electron chi connectivity index (χ3n) is 1.64. The maximum atomic E-state index is 10.9. The molecule has 4 nitrogen and oxygen atoms in total. The Morgan fingerprint density at radius 2 is 2.36 bits per heavy atom. The number of nitrogens with one attached hydrogen (secondary N) is 1. The number of rotatable bonds is 3. The Kier molecular flexibility index (Phi) is 2.59. The third kappa shape index (κ3) is 2.01. The molecule has 0 aromatic heterocycles. The molecule has 1 N–H and O–H groups in total. The van der Waals surface area contributed by atoms with Crippen LogP contribution in [0.2, 0.25) is 0 Å². The first-order valence-electron chi connectivity index (χ1n) is 3.67. The quantitative estimate of drug-likeness (QED) is 0.588. The van der Waals surface area contributed by atoms with Gasteiger partial charge >= 0.3 is 0 Å². The SMILES string of the molecule is CCONC(=O)C1CC(=O)C1. The molecule has 0 unspecified atom stereocenters. The van der Waals surface area contributed by atoms with Crippen LogP contribution in [0.15, 0.2) is 0 Å². The molecule has 1 aliphatic carbocycles. The summed E-state index contributed by atoms with van der Waals surface area (Å²) in [7, 11) is 0. The van der Waals surface area contributed by atoms with Crippen LogP contribution in [0.5, 0.6) is 0 Å². The second-order valence-corrected chi connectivity index (χ2v) is 2.54. The topological polar surface area (TPSA) is 55.4 Å². The molecule has 62 valence electrons. The Labute approximate surface area is 64.9 Å². The summed E-state index contributed by atoms with van der Waals surface area (Å²) in [5.41, 5.74) is 2.26. The lowest BCUT2D eigenvalue weighted by Gasteiger charge is -2.22. The second-order valence-electron chi connectivity index (χ2n) is 2.54. The summed E-state index contributed by atoms with van der Waals surface area (Å²) in [6.07, 6.45) is 0.748. The van der Waals surface area contributed by atoms with Crippen LogP contribution in [-0.2, 0) is 14.4 Å². The largest absolute Gasteiger partial charge is 0.300 e. The van der Waals surface area contributed by atoms with E-state index in [0.717, 1.165) is 0 Å². The molecular formula is C7H11NO3. The van der Waals surface area contributed by atoms with Crippen LogP contribution in [0, 0.1) is 5.92 Å². The number of carbonyl (C=O) groups is 2. The van der Waals surface area contributed by atoms with Gasteiger partial charge in [-0.3, -0.25) is 14.4 Å². The Hall–Kier alpha value is -0.900. The van der Waals surface area contributed by atoms with Gasteiger partial charge in [0, 0.05) is 12.8 Å². The van der Waals surface area contributed by atoms with E-state index in [9.17, 15) is 9.59 Å². The number of ketones is 1. The molecular weight excluding hydrogens is 146 g/mol. The summed E-state index contributed by atoms with van der Waals surface area (Å²) < 4.78 is 0. The van der Waals surface area contributed by atoms with Gasteiger partial charge in [-0.05, 0) is 6.92 Å². The molecule has 0 aromatic rings. The van der Waals surface area contributed by atoms with Crippen molar-refractivity contribution < 1.29 is 14.4 Å². The fourth-order valence-electron chi connectivity index (χ4n) is 0.902. The number of carbonyl (C=O) groups excluding carboxylic acids is 2. The third-order valence-corrected chi connectivity index (χ3v) is 1.64. The summed E-state index contributed by atoms with van der Waals surface area (Å²) >= 11 is 0. The number of hydroxylamine groups is 1. The minimum Gasteiger partial charge on any atom is -0.300 e. The highest BCUT2D eigenvalue weighted by molar-refractivity contribution is 5.95. The summed E-state index contributed by atoms with van der Waals surface area (Å²) in [4.78, 5) is 26.1. The molecule has 1 fully saturated rings. The lowest BCUT2D eigenvalue weighted by Crippen LogP contribution is -2.38. The van der Waals surface area contributed by atoms with E-state index in [2.05, 4.69) is 10.3 Å². The monoisotopic (exact) mass is 157 g/mol. The van der Waals surface area contributed by atoms with Gasteiger partial charge in [0.15, 0.2) is 0 Å². The van der Waals surface area contributed by atoms with Crippen molar-refractivity contribution >= 4 is 11.7 Å². The molecule has 0 bridgehead atoms.